The molecule has 4 heteroatoms. The summed E-state index contributed by atoms with van der Waals surface area (Å²) >= 11 is 1.67. The molecule has 2 rings (SSSR count). The Kier molecular flexibility index (Phi) is 2.74. The standard InChI is InChI=1S/C10H11F2NS/c11-7-3-6-5-14-2-1-9(13)10(6)8(12)4-7/h3-4,9H,1-2,5,13H2. The molecule has 0 saturated heterocycles. The molecule has 1 heterocycles. The highest BCUT2D eigenvalue weighted by molar-refractivity contribution is 7.98. The molecule has 14 heavy (non-hydrogen) atoms. The molecule has 0 radical (unpaired) electrons. The summed E-state index contributed by atoms with van der Waals surface area (Å²) in [7, 11) is 0. The Hall–Kier alpha value is -0.610. The summed E-state index contributed by atoms with van der Waals surface area (Å²) in [6.07, 6.45) is 0.750. The van der Waals surface area contributed by atoms with Crippen molar-refractivity contribution in [2.75, 3.05) is 5.75 Å². The van der Waals surface area contributed by atoms with Crippen LogP contribution in [0, 0.1) is 11.6 Å². The first-order valence-corrected chi connectivity index (χ1v) is 5.65. The van der Waals surface area contributed by atoms with Crippen molar-refractivity contribution in [3.63, 3.8) is 0 Å². The number of rotatable bonds is 0. The SMILES string of the molecule is NC1CCSCc2cc(F)cc(F)c21. The van der Waals surface area contributed by atoms with Gasteiger partial charge in [0.25, 0.3) is 0 Å². The first kappa shape index (κ1) is 9.93. The van der Waals surface area contributed by atoms with Gasteiger partial charge in [-0.25, -0.2) is 8.78 Å². The Labute approximate surface area is 85.7 Å². The van der Waals surface area contributed by atoms with E-state index in [1.807, 2.05) is 0 Å². The lowest BCUT2D eigenvalue weighted by Crippen LogP contribution is -2.13. The fourth-order valence-corrected chi connectivity index (χ4v) is 2.73. The van der Waals surface area contributed by atoms with Crippen molar-refractivity contribution in [1.82, 2.24) is 0 Å². The van der Waals surface area contributed by atoms with Crippen molar-refractivity contribution in [1.29, 1.82) is 0 Å². The number of hydrogen-bond acceptors (Lipinski definition) is 2. The van der Waals surface area contributed by atoms with Gasteiger partial charge in [-0.2, -0.15) is 11.8 Å². The minimum Gasteiger partial charge on any atom is -0.324 e. The monoisotopic (exact) mass is 215 g/mol. The molecule has 1 aliphatic rings. The minimum atomic E-state index is -0.518. The Bertz CT molecular complexity index is 354. The third kappa shape index (κ3) is 1.77. The van der Waals surface area contributed by atoms with Crippen LogP contribution in [0.4, 0.5) is 8.78 Å². The van der Waals surface area contributed by atoms with Gasteiger partial charge < -0.3 is 5.73 Å². The third-order valence-electron chi connectivity index (χ3n) is 2.38. The summed E-state index contributed by atoms with van der Waals surface area (Å²) in [5.41, 5.74) is 7.02. The normalized spacial score (nSPS) is 21.5. The van der Waals surface area contributed by atoms with Crippen LogP contribution in [0.5, 0.6) is 0 Å². The van der Waals surface area contributed by atoms with Crippen LogP contribution in [0.2, 0.25) is 0 Å². The zero-order valence-corrected chi connectivity index (χ0v) is 8.41. The van der Waals surface area contributed by atoms with Gasteiger partial charge in [0.2, 0.25) is 0 Å². The average molecular weight is 215 g/mol. The van der Waals surface area contributed by atoms with E-state index in [4.69, 9.17) is 5.73 Å². The van der Waals surface area contributed by atoms with Crippen LogP contribution >= 0.6 is 11.8 Å². The number of benzene rings is 1. The molecular formula is C10H11F2NS. The molecule has 0 spiro atoms. The van der Waals surface area contributed by atoms with Crippen LogP contribution < -0.4 is 5.73 Å². The number of thioether (sulfide) groups is 1. The second kappa shape index (κ2) is 3.87. The van der Waals surface area contributed by atoms with E-state index >= 15 is 0 Å². The Morgan fingerprint density at radius 2 is 2.14 bits per heavy atom. The summed E-state index contributed by atoms with van der Waals surface area (Å²) in [5.74, 6) is 0.528. The van der Waals surface area contributed by atoms with Crippen LogP contribution in [0.3, 0.4) is 0 Å². The summed E-state index contributed by atoms with van der Waals surface area (Å²) < 4.78 is 26.4. The molecule has 0 bridgehead atoms. The predicted molar refractivity (Wildman–Crippen MR) is 54.1 cm³/mol. The predicted octanol–water partition coefficient (Wildman–Crippen LogP) is 2.60. The van der Waals surface area contributed by atoms with Crippen LogP contribution in [0.15, 0.2) is 12.1 Å². The highest BCUT2D eigenvalue weighted by atomic mass is 32.2. The van der Waals surface area contributed by atoms with Crippen molar-refractivity contribution in [2.24, 2.45) is 5.73 Å². The molecular weight excluding hydrogens is 204 g/mol. The van der Waals surface area contributed by atoms with E-state index in [0.717, 1.165) is 18.2 Å². The summed E-state index contributed by atoms with van der Waals surface area (Å²) in [4.78, 5) is 0. The fourth-order valence-electron chi connectivity index (χ4n) is 1.71. The second-order valence-corrected chi connectivity index (χ2v) is 4.51. The van der Waals surface area contributed by atoms with Gasteiger partial charge in [0.05, 0.1) is 0 Å². The van der Waals surface area contributed by atoms with Gasteiger partial charge >= 0.3 is 0 Å². The maximum atomic E-state index is 13.4. The Morgan fingerprint density at radius 1 is 1.36 bits per heavy atom. The quantitative estimate of drug-likeness (QED) is 0.720. The molecule has 1 aromatic carbocycles. The molecule has 0 aliphatic carbocycles. The van der Waals surface area contributed by atoms with E-state index in [1.54, 1.807) is 11.8 Å². The lowest BCUT2D eigenvalue weighted by molar-refractivity contribution is 0.549. The third-order valence-corrected chi connectivity index (χ3v) is 3.42. The molecule has 0 fully saturated rings. The maximum absolute atomic E-state index is 13.4. The zero-order valence-electron chi connectivity index (χ0n) is 7.59. The van der Waals surface area contributed by atoms with Crippen LogP contribution in [-0.2, 0) is 5.75 Å². The summed E-state index contributed by atoms with van der Waals surface area (Å²) in [6, 6.07) is 2.01. The molecule has 76 valence electrons. The minimum absolute atomic E-state index is 0.291. The smallest absolute Gasteiger partial charge is 0.131 e. The first-order valence-electron chi connectivity index (χ1n) is 4.49. The molecule has 1 atom stereocenters. The lowest BCUT2D eigenvalue weighted by Gasteiger charge is -2.12. The van der Waals surface area contributed by atoms with E-state index < -0.39 is 11.6 Å². The van der Waals surface area contributed by atoms with Crippen LogP contribution in [0.1, 0.15) is 23.6 Å². The van der Waals surface area contributed by atoms with Gasteiger partial charge in [0.1, 0.15) is 11.6 Å². The molecule has 1 nitrogen and oxygen atoms in total. The highest BCUT2D eigenvalue weighted by Gasteiger charge is 2.20. The van der Waals surface area contributed by atoms with E-state index in [-0.39, 0.29) is 6.04 Å². The average Bonchev–Trinajstić information content (AvgIpc) is 2.27. The van der Waals surface area contributed by atoms with Crippen molar-refractivity contribution >= 4 is 11.8 Å². The highest BCUT2D eigenvalue weighted by Crippen LogP contribution is 2.31. The van der Waals surface area contributed by atoms with Gasteiger partial charge in [-0.15, -0.1) is 0 Å². The van der Waals surface area contributed by atoms with Crippen molar-refractivity contribution < 1.29 is 8.78 Å². The van der Waals surface area contributed by atoms with Gasteiger partial charge in [0.15, 0.2) is 0 Å². The van der Waals surface area contributed by atoms with Crippen molar-refractivity contribution in [3.05, 3.63) is 34.9 Å². The van der Waals surface area contributed by atoms with Gasteiger partial charge in [0, 0.05) is 23.4 Å². The fraction of sp³-hybridized carbons (Fsp3) is 0.400. The molecule has 0 saturated carbocycles. The molecule has 0 aromatic heterocycles. The Balaban J connectivity index is 2.53. The van der Waals surface area contributed by atoms with Gasteiger partial charge in [-0.05, 0) is 23.8 Å². The summed E-state index contributed by atoms with van der Waals surface area (Å²) in [5, 5.41) is 0. The number of nitrogens with two attached hydrogens (primary N) is 1. The van der Waals surface area contributed by atoms with Crippen molar-refractivity contribution in [2.45, 2.75) is 18.2 Å². The number of hydrogen-bond donors (Lipinski definition) is 1. The first-order chi connectivity index (χ1) is 6.68. The van der Waals surface area contributed by atoms with Gasteiger partial charge in [-0.3, -0.25) is 0 Å². The molecule has 1 unspecified atom stereocenters. The topological polar surface area (TPSA) is 26.0 Å². The lowest BCUT2D eigenvalue weighted by atomic mass is 9.99. The Morgan fingerprint density at radius 3 is 2.93 bits per heavy atom. The summed E-state index contributed by atoms with van der Waals surface area (Å²) in [6.45, 7) is 0. The molecule has 2 N–H and O–H groups in total. The maximum Gasteiger partial charge on any atom is 0.131 e. The van der Waals surface area contributed by atoms with Crippen LogP contribution in [0.25, 0.3) is 0 Å². The van der Waals surface area contributed by atoms with E-state index in [0.29, 0.717) is 16.9 Å². The number of halogens is 2. The molecule has 0 amide bonds. The second-order valence-electron chi connectivity index (χ2n) is 3.41. The number of fused-ring (bicyclic) bond motifs is 1. The largest absolute Gasteiger partial charge is 0.324 e. The van der Waals surface area contributed by atoms with E-state index in [9.17, 15) is 8.78 Å². The zero-order chi connectivity index (χ0) is 10.1. The van der Waals surface area contributed by atoms with Crippen LogP contribution in [-0.4, -0.2) is 5.75 Å². The molecule has 1 aromatic rings. The van der Waals surface area contributed by atoms with Gasteiger partial charge in [-0.1, -0.05) is 0 Å². The van der Waals surface area contributed by atoms with Crippen molar-refractivity contribution in [3.8, 4) is 0 Å². The van der Waals surface area contributed by atoms with E-state index in [2.05, 4.69) is 0 Å². The van der Waals surface area contributed by atoms with E-state index in [1.165, 1.54) is 6.07 Å². The molecule has 1 aliphatic heterocycles.